The highest BCUT2D eigenvalue weighted by Gasteiger charge is 2.23. The highest BCUT2D eigenvalue weighted by Crippen LogP contribution is 2.16. The van der Waals surface area contributed by atoms with Gasteiger partial charge in [0.15, 0.2) is 5.82 Å². The van der Waals surface area contributed by atoms with Gasteiger partial charge in [0.1, 0.15) is 0 Å². The van der Waals surface area contributed by atoms with Crippen LogP contribution >= 0.6 is 0 Å². The Labute approximate surface area is 121 Å². The Hall–Kier alpha value is -0.980. The number of hydrogen-bond acceptors (Lipinski definition) is 6. The summed E-state index contributed by atoms with van der Waals surface area (Å²) in [6.07, 6.45) is 3.59. The van der Waals surface area contributed by atoms with Crippen LogP contribution in [0, 0.1) is 6.92 Å². The molecule has 1 aromatic heterocycles. The lowest BCUT2D eigenvalue weighted by Gasteiger charge is -2.37. The van der Waals surface area contributed by atoms with E-state index in [9.17, 15) is 0 Å². The van der Waals surface area contributed by atoms with Crippen LogP contribution in [0.3, 0.4) is 0 Å². The van der Waals surface area contributed by atoms with Gasteiger partial charge in [0, 0.05) is 39.8 Å². The maximum absolute atomic E-state index is 5.12. The van der Waals surface area contributed by atoms with Crippen molar-refractivity contribution in [2.45, 2.75) is 38.8 Å². The van der Waals surface area contributed by atoms with Gasteiger partial charge in [-0.05, 0) is 32.9 Å². The van der Waals surface area contributed by atoms with Crippen LogP contribution in [0.5, 0.6) is 0 Å². The van der Waals surface area contributed by atoms with Gasteiger partial charge in [0.25, 0.3) is 0 Å². The molecule has 0 spiro atoms. The van der Waals surface area contributed by atoms with E-state index in [0.29, 0.717) is 11.9 Å². The molecular formula is C14H26N4O2. The van der Waals surface area contributed by atoms with E-state index in [4.69, 9.17) is 9.26 Å². The van der Waals surface area contributed by atoms with Crippen molar-refractivity contribution in [3.8, 4) is 0 Å². The summed E-state index contributed by atoms with van der Waals surface area (Å²) in [5.41, 5.74) is 0. The number of rotatable bonds is 7. The van der Waals surface area contributed by atoms with Crippen molar-refractivity contribution in [1.29, 1.82) is 0 Å². The third-order valence-corrected chi connectivity index (χ3v) is 3.90. The first kappa shape index (κ1) is 15.4. The van der Waals surface area contributed by atoms with Crippen LogP contribution in [0.4, 0.5) is 0 Å². The van der Waals surface area contributed by atoms with Crippen LogP contribution in [-0.2, 0) is 11.3 Å². The fourth-order valence-corrected chi connectivity index (χ4v) is 2.78. The Balaban J connectivity index is 1.78. The molecule has 1 saturated heterocycles. The minimum Gasteiger partial charge on any atom is -0.385 e. The summed E-state index contributed by atoms with van der Waals surface area (Å²) in [5.74, 6) is 1.44. The second kappa shape index (κ2) is 7.71. The van der Waals surface area contributed by atoms with Gasteiger partial charge in [-0.3, -0.25) is 4.90 Å². The molecule has 0 aliphatic carbocycles. The summed E-state index contributed by atoms with van der Waals surface area (Å²) in [6.45, 7) is 6.75. The molecule has 6 nitrogen and oxygen atoms in total. The van der Waals surface area contributed by atoms with Crippen molar-refractivity contribution in [3.05, 3.63) is 11.7 Å². The number of aryl methyl sites for hydroxylation is 1. The Morgan fingerprint density at radius 3 is 3.05 bits per heavy atom. The van der Waals surface area contributed by atoms with E-state index in [2.05, 4.69) is 27.0 Å². The molecule has 0 radical (unpaired) electrons. The SMILES string of the molecule is COCCCN(C)[C@H]1CCCN(Cc2noc(C)n2)C1. The van der Waals surface area contributed by atoms with E-state index in [1.54, 1.807) is 7.11 Å². The number of aromatic nitrogens is 2. The van der Waals surface area contributed by atoms with Crippen molar-refractivity contribution >= 4 is 0 Å². The molecule has 2 heterocycles. The standard InChI is InChI=1S/C14H26N4O2/c1-12-15-14(16-20-12)11-18-8-4-6-13(10-18)17(2)7-5-9-19-3/h13H,4-11H2,1-3H3/t13-/m0/s1. The zero-order valence-corrected chi connectivity index (χ0v) is 12.8. The highest BCUT2D eigenvalue weighted by molar-refractivity contribution is 4.87. The molecule has 0 aromatic carbocycles. The largest absolute Gasteiger partial charge is 0.385 e. The van der Waals surface area contributed by atoms with E-state index in [-0.39, 0.29) is 0 Å². The first-order valence-corrected chi connectivity index (χ1v) is 7.39. The van der Waals surface area contributed by atoms with E-state index in [1.807, 2.05) is 6.92 Å². The molecule has 1 aliphatic heterocycles. The fraction of sp³-hybridized carbons (Fsp3) is 0.857. The first-order valence-electron chi connectivity index (χ1n) is 7.39. The first-order chi connectivity index (χ1) is 9.69. The van der Waals surface area contributed by atoms with Gasteiger partial charge in [-0.1, -0.05) is 5.16 Å². The van der Waals surface area contributed by atoms with Gasteiger partial charge >= 0.3 is 0 Å². The second-order valence-corrected chi connectivity index (χ2v) is 5.59. The lowest BCUT2D eigenvalue weighted by atomic mass is 10.0. The molecule has 0 bridgehead atoms. The molecule has 0 unspecified atom stereocenters. The third kappa shape index (κ3) is 4.54. The van der Waals surface area contributed by atoms with Crippen molar-refractivity contribution in [3.63, 3.8) is 0 Å². The van der Waals surface area contributed by atoms with Gasteiger partial charge in [0.05, 0.1) is 6.54 Å². The van der Waals surface area contributed by atoms with E-state index in [0.717, 1.165) is 45.0 Å². The van der Waals surface area contributed by atoms with Crippen molar-refractivity contribution in [1.82, 2.24) is 19.9 Å². The molecule has 1 aliphatic rings. The van der Waals surface area contributed by atoms with Crippen LogP contribution in [-0.4, -0.2) is 66.4 Å². The Bertz CT molecular complexity index is 396. The predicted octanol–water partition coefficient (Wildman–Crippen LogP) is 1.31. The van der Waals surface area contributed by atoms with Crippen molar-refractivity contribution < 1.29 is 9.26 Å². The number of likely N-dealkylation sites (N-methyl/N-ethyl adjacent to an activating group) is 1. The number of methoxy groups -OCH3 is 1. The number of nitrogens with zero attached hydrogens (tertiary/aromatic N) is 4. The Morgan fingerprint density at radius 2 is 2.35 bits per heavy atom. The van der Waals surface area contributed by atoms with Gasteiger partial charge in [0.2, 0.25) is 5.89 Å². The van der Waals surface area contributed by atoms with Gasteiger partial charge in [-0.25, -0.2) is 0 Å². The normalized spacial score (nSPS) is 20.7. The fourth-order valence-electron chi connectivity index (χ4n) is 2.78. The molecule has 0 amide bonds. The molecular weight excluding hydrogens is 256 g/mol. The number of ether oxygens (including phenoxy) is 1. The van der Waals surface area contributed by atoms with E-state index < -0.39 is 0 Å². The molecule has 1 aromatic rings. The van der Waals surface area contributed by atoms with E-state index >= 15 is 0 Å². The minimum atomic E-state index is 0.619. The summed E-state index contributed by atoms with van der Waals surface area (Å²) in [4.78, 5) is 9.16. The molecule has 20 heavy (non-hydrogen) atoms. The molecule has 2 rings (SSSR count). The quantitative estimate of drug-likeness (QED) is 0.703. The average molecular weight is 282 g/mol. The predicted molar refractivity (Wildman–Crippen MR) is 76.5 cm³/mol. The molecule has 114 valence electrons. The number of piperidine rings is 1. The van der Waals surface area contributed by atoms with Gasteiger partial charge in [-0.15, -0.1) is 0 Å². The average Bonchev–Trinajstić information content (AvgIpc) is 2.84. The molecule has 0 N–H and O–H groups in total. The number of hydrogen-bond donors (Lipinski definition) is 0. The van der Waals surface area contributed by atoms with Crippen LogP contribution in [0.25, 0.3) is 0 Å². The maximum Gasteiger partial charge on any atom is 0.223 e. The van der Waals surface area contributed by atoms with Crippen LogP contribution < -0.4 is 0 Å². The third-order valence-electron chi connectivity index (χ3n) is 3.90. The molecule has 1 atom stereocenters. The van der Waals surface area contributed by atoms with Crippen LogP contribution in [0.15, 0.2) is 4.52 Å². The van der Waals surface area contributed by atoms with Gasteiger partial charge in [-0.2, -0.15) is 4.98 Å². The zero-order valence-electron chi connectivity index (χ0n) is 12.8. The number of likely N-dealkylation sites (tertiary alicyclic amines) is 1. The molecule has 1 fully saturated rings. The maximum atomic E-state index is 5.12. The lowest BCUT2D eigenvalue weighted by molar-refractivity contribution is 0.0993. The van der Waals surface area contributed by atoms with Gasteiger partial charge < -0.3 is 14.2 Å². The van der Waals surface area contributed by atoms with Crippen LogP contribution in [0.2, 0.25) is 0 Å². The second-order valence-electron chi connectivity index (χ2n) is 5.59. The summed E-state index contributed by atoms with van der Waals surface area (Å²) < 4.78 is 10.2. The topological polar surface area (TPSA) is 54.6 Å². The zero-order chi connectivity index (χ0) is 14.4. The van der Waals surface area contributed by atoms with Crippen molar-refractivity contribution in [2.24, 2.45) is 0 Å². The highest BCUT2D eigenvalue weighted by atomic mass is 16.5. The van der Waals surface area contributed by atoms with E-state index in [1.165, 1.54) is 12.8 Å². The lowest BCUT2D eigenvalue weighted by Crippen LogP contribution is -2.46. The summed E-state index contributed by atoms with van der Waals surface area (Å²) in [5, 5.41) is 3.98. The molecule has 6 heteroatoms. The monoisotopic (exact) mass is 282 g/mol. The Kier molecular flexibility index (Phi) is 5.94. The smallest absolute Gasteiger partial charge is 0.223 e. The summed E-state index contributed by atoms with van der Waals surface area (Å²) in [6, 6.07) is 0.619. The Morgan fingerprint density at radius 1 is 1.50 bits per heavy atom. The van der Waals surface area contributed by atoms with Crippen molar-refractivity contribution in [2.75, 3.05) is 40.4 Å². The summed E-state index contributed by atoms with van der Waals surface area (Å²) >= 11 is 0. The minimum absolute atomic E-state index is 0.619. The summed E-state index contributed by atoms with van der Waals surface area (Å²) in [7, 11) is 3.97. The molecule has 0 saturated carbocycles. The van der Waals surface area contributed by atoms with Crippen LogP contribution in [0.1, 0.15) is 31.0 Å².